The summed E-state index contributed by atoms with van der Waals surface area (Å²) in [6, 6.07) is 5.30. The lowest BCUT2D eigenvalue weighted by atomic mass is 10.1. The zero-order valence-corrected chi connectivity index (χ0v) is 9.91. The van der Waals surface area contributed by atoms with Crippen LogP contribution >= 0.6 is 15.9 Å². The van der Waals surface area contributed by atoms with Gasteiger partial charge in [0, 0.05) is 23.5 Å². The van der Waals surface area contributed by atoms with E-state index in [1.165, 1.54) is 6.92 Å². The molecule has 15 heavy (non-hydrogen) atoms. The quantitative estimate of drug-likeness (QED) is 0.779. The van der Waals surface area contributed by atoms with E-state index in [4.69, 9.17) is 5.73 Å². The molecule has 1 atom stereocenters. The summed E-state index contributed by atoms with van der Waals surface area (Å²) in [4.78, 5) is 11.0. The number of rotatable bonds is 3. The molecule has 1 amide bonds. The number of anilines is 1. The van der Waals surface area contributed by atoms with Crippen molar-refractivity contribution >= 4 is 27.5 Å². The second-order valence-electron chi connectivity index (χ2n) is 3.14. The molecular weight excluding hydrogens is 260 g/mol. The van der Waals surface area contributed by atoms with E-state index in [2.05, 4.69) is 21.2 Å². The van der Waals surface area contributed by atoms with Gasteiger partial charge >= 0.3 is 0 Å². The Kier molecular flexibility index (Phi) is 4.26. The predicted molar refractivity (Wildman–Crippen MR) is 62.5 cm³/mol. The lowest BCUT2D eigenvalue weighted by Gasteiger charge is -2.15. The fourth-order valence-corrected chi connectivity index (χ4v) is 1.73. The van der Waals surface area contributed by atoms with E-state index in [0.717, 1.165) is 4.47 Å². The highest BCUT2D eigenvalue weighted by atomic mass is 79.9. The summed E-state index contributed by atoms with van der Waals surface area (Å²) in [5, 5.41) is 12.3. The average molecular weight is 273 g/mol. The largest absolute Gasteiger partial charge is 0.387 e. The van der Waals surface area contributed by atoms with E-state index >= 15 is 0 Å². The monoisotopic (exact) mass is 272 g/mol. The van der Waals surface area contributed by atoms with Gasteiger partial charge in [0.2, 0.25) is 5.91 Å². The number of para-hydroxylation sites is 1. The molecule has 4 nitrogen and oxygen atoms in total. The Morgan fingerprint density at radius 2 is 2.33 bits per heavy atom. The third kappa shape index (κ3) is 3.02. The van der Waals surface area contributed by atoms with Gasteiger partial charge in [-0.15, -0.1) is 0 Å². The molecule has 0 spiro atoms. The summed E-state index contributed by atoms with van der Waals surface area (Å²) >= 11 is 3.31. The lowest BCUT2D eigenvalue weighted by Crippen LogP contribution is -2.16. The maximum Gasteiger partial charge on any atom is 0.221 e. The van der Waals surface area contributed by atoms with Crippen LogP contribution in [-0.4, -0.2) is 17.6 Å². The topological polar surface area (TPSA) is 75.3 Å². The molecule has 1 aromatic rings. The van der Waals surface area contributed by atoms with Crippen molar-refractivity contribution in [3.8, 4) is 0 Å². The van der Waals surface area contributed by atoms with Gasteiger partial charge < -0.3 is 16.2 Å². The minimum atomic E-state index is -0.774. The van der Waals surface area contributed by atoms with E-state index in [9.17, 15) is 9.90 Å². The van der Waals surface area contributed by atoms with Crippen molar-refractivity contribution in [2.24, 2.45) is 5.73 Å². The highest BCUT2D eigenvalue weighted by Gasteiger charge is 2.13. The Morgan fingerprint density at radius 1 is 1.67 bits per heavy atom. The molecule has 0 radical (unpaired) electrons. The molecule has 1 unspecified atom stereocenters. The normalized spacial score (nSPS) is 12.3. The molecule has 0 aliphatic rings. The standard InChI is InChI=1S/C10H13BrN2O2/c1-6(14)13-10-7(9(15)5-12)3-2-4-8(10)11/h2-4,9,15H,5,12H2,1H3,(H,13,14). The van der Waals surface area contributed by atoms with E-state index < -0.39 is 6.10 Å². The van der Waals surface area contributed by atoms with Crippen LogP contribution in [0.4, 0.5) is 5.69 Å². The summed E-state index contributed by atoms with van der Waals surface area (Å²) in [5.74, 6) is -0.188. The fraction of sp³-hybridized carbons (Fsp3) is 0.300. The van der Waals surface area contributed by atoms with Crippen molar-refractivity contribution in [1.29, 1.82) is 0 Å². The third-order valence-corrected chi connectivity index (χ3v) is 2.59. The zero-order valence-electron chi connectivity index (χ0n) is 8.33. The predicted octanol–water partition coefficient (Wildman–Crippen LogP) is 1.40. The van der Waals surface area contributed by atoms with Gasteiger partial charge in [-0.25, -0.2) is 0 Å². The Balaban J connectivity index is 3.13. The van der Waals surface area contributed by atoms with Crippen LogP contribution in [0.2, 0.25) is 0 Å². The first kappa shape index (κ1) is 12.2. The molecule has 1 rings (SSSR count). The summed E-state index contributed by atoms with van der Waals surface area (Å²) in [5.41, 5.74) is 6.56. The number of aliphatic hydroxyl groups excluding tert-OH is 1. The smallest absolute Gasteiger partial charge is 0.221 e. The molecular formula is C10H13BrN2O2. The number of nitrogens with one attached hydrogen (secondary N) is 1. The number of halogens is 1. The van der Waals surface area contributed by atoms with Gasteiger partial charge in [0.1, 0.15) is 0 Å². The molecule has 82 valence electrons. The van der Waals surface area contributed by atoms with E-state index in [1.54, 1.807) is 18.2 Å². The third-order valence-electron chi connectivity index (χ3n) is 1.93. The zero-order chi connectivity index (χ0) is 11.4. The van der Waals surface area contributed by atoms with Crippen LogP contribution in [0.1, 0.15) is 18.6 Å². The Labute approximate surface area is 96.6 Å². The molecule has 0 bridgehead atoms. The van der Waals surface area contributed by atoms with E-state index in [-0.39, 0.29) is 12.5 Å². The molecule has 0 saturated heterocycles. The molecule has 4 N–H and O–H groups in total. The lowest BCUT2D eigenvalue weighted by molar-refractivity contribution is -0.114. The van der Waals surface area contributed by atoms with Crippen LogP contribution < -0.4 is 11.1 Å². The SMILES string of the molecule is CC(=O)Nc1c(Br)cccc1C(O)CN. The Bertz CT molecular complexity index is 368. The highest BCUT2D eigenvalue weighted by molar-refractivity contribution is 9.10. The highest BCUT2D eigenvalue weighted by Crippen LogP contribution is 2.30. The number of hydrogen-bond acceptors (Lipinski definition) is 3. The number of benzene rings is 1. The molecule has 0 aliphatic heterocycles. The second kappa shape index (κ2) is 5.25. The van der Waals surface area contributed by atoms with Crippen LogP contribution in [0.3, 0.4) is 0 Å². The van der Waals surface area contributed by atoms with Gasteiger partial charge in [0.05, 0.1) is 11.8 Å². The summed E-state index contributed by atoms with van der Waals surface area (Å²) in [7, 11) is 0. The van der Waals surface area contributed by atoms with Crippen molar-refractivity contribution in [2.75, 3.05) is 11.9 Å². The molecule has 0 saturated carbocycles. The first-order chi connectivity index (χ1) is 7.06. The number of carbonyl (C=O) groups is 1. The van der Waals surface area contributed by atoms with Gasteiger partial charge in [0.15, 0.2) is 0 Å². The minimum absolute atomic E-state index is 0.114. The molecule has 5 heteroatoms. The Hall–Kier alpha value is -0.910. The first-order valence-electron chi connectivity index (χ1n) is 4.50. The first-order valence-corrected chi connectivity index (χ1v) is 5.29. The van der Waals surface area contributed by atoms with Crippen molar-refractivity contribution in [3.05, 3.63) is 28.2 Å². The second-order valence-corrected chi connectivity index (χ2v) is 3.99. The van der Waals surface area contributed by atoms with E-state index in [0.29, 0.717) is 11.3 Å². The van der Waals surface area contributed by atoms with Crippen LogP contribution in [-0.2, 0) is 4.79 Å². The number of hydrogen-bond donors (Lipinski definition) is 3. The van der Waals surface area contributed by atoms with Crippen molar-refractivity contribution in [1.82, 2.24) is 0 Å². The molecule has 0 heterocycles. The number of aliphatic hydroxyl groups is 1. The minimum Gasteiger partial charge on any atom is -0.387 e. The molecule has 0 aromatic heterocycles. The number of amides is 1. The average Bonchev–Trinajstić information content (AvgIpc) is 2.19. The van der Waals surface area contributed by atoms with Crippen LogP contribution in [0.5, 0.6) is 0 Å². The van der Waals surface area contributed by atoms with Gasteiger partial charge in [0.25, 0.3) is 0 Å². The Morgan fingerprint density at radius 3 is 2.87 bits per heavy atom. The van der Waals surface area contributed by atoms with Gasteiger partial charge in [-0.05, 0) is 22.0 Å². The number of nitrogens with two attached hydrogens (primary N) is 1. The fourth-order valence-electron chi connectivity index (χ4n) is 1.25. The maximum absolute atomic E-state index is 11.0. The molecule has 0 aliphatic carbocycles. The van der Waals surface area contributed by atoms with Crippen molar-refractivity contribution < 1.29 is 9.90 Å². The van der Waals surface area contributed by atoms with Gasteiger partial charge in [-0.3, -0.25) is 4.79 Å². The summed E-state index contributed by atoms with van der Waals surface area (Å²) in [6.45, 7) is 1.53. The van der Waals surface area contributed by atoms with Crippen LogP contribution in [0, 0.1) is 0 Å². The van der Waals surface area contributed by atoms with Crippen molar-refractivity contribution in [2.45, 2.75) is 13.0 Å². The maximum atomic E-state index is 11.0. The van der Waals surface area contributed by atoms with Gasteiger partial charge in [-0.1, -0.05) is 12.1 Å². The van der Waals surface area contributed by atoms with Crippen LogP contribution in [0.15, 0.2) is 22.7 Å². The summed E-state index contributed by atoms with van der Waals surface area (Å²) < 4.78 is 0.725. The van der Waals surface area contributed by atoms with Gasteiger partial charge in [-0.2, -0.15) is 0 Å². The van der Waals surface area contributed by atoms with E-state index in [1.807, 2.05) is 0 Å². The van der Waals surface area contributed by atoms with Crippen molar-refractivity contribution in [3.63, 3.8) is 0 Å². The molecule has 0 fully saturated rings. The number of carbonyl (C=O) groups excluding carboxylic acids is 1. The van der Waals surface area contributed by atoms with Crippen LogP contribution in [0.25, 0.3) is 0 Å². The summed E-state index contributed by atoms with van der Waals surface area (Å²) in [6.07, 6.45) is -0.774. The molecule has 1 aromatic carbocycles.